The number of hydrogen-bond acceptors (Lipinski definition) is 7. The summed E-state index contributed by atoms with van der Waals surface area (Å²) >= 11 is 6.03. The lowest BCUT2D eigenvalue weighted by atomic mass is 10.1. The second-order valence-electron chi connectivity index (χ2n) is 9.85. The average Bonchev–Trinajstić information content (AvgIpc) is 3.46. The van der Waals surface area contributed by atoms with E-state index in [1.54, 1.807) is 24.1 Å². The van der Waals surface area contributed by atoms with Crippen molar-refractivity contribution in [3.8, 4) is 11.3 Å². The van der Waals surface area contributed by atoms with Crippen molar-refractivity contribution in [3.05, 3.63) is 70.8 Å². The van der Waals surface area contributed by atoms with E-state index >= 15 is 0 Å². The van der Waals surface area contributed by atoms with Gasteiger partial charge in [-0.15, -0.1) is 0 Å². The molecule has 2 N–H and O–H groups in total. The fraction of sp³-hybridized carbons (Fsp3) is 0.400. The Morgan fingerprint density at radius 1 is 1.14 bits per heavy atom. The molecule has 4 rings (SSSR count). The predicted octanol–water partition coefficient (Wildman–Crippen LogP) is 5.13. The molecule has 2 heterocycles. The third kappa shape index (κ3) is 9.48. The number of likely N-dealkylation sites (N-methyl/N-ethyl adjacent to an activating group) is 1. The molecule has 3 aromatic rings. The molecule has 1 aliphatic rings. The van der Waals surface area contributed by atoms with Crippen molar-refractivity contribution < 1.29 is 32.4 Å². The van der Waals surface area contributed by atoms with Crippen molar-refractivity contribution in [2.45, 2.75) is 39.2 Å². The van der Waals surface area contributed by atoms with Gasteiger partial charge in [-0.2, -0.15) is 0 Å². The van der Waals surface area contributed by atoms with Crippen LogP contribution in [0.5, 0.6) is 0 Å². The van der Waals surface area contributed by atoms with Crippen LogP contribution in [0.15, 0.2) is 53.1 Å². The first kappa shape index (κ1) is 33.5. The summed E-state index contributed by atoms with van der Waals surface area (Å²) in [7, 11) is 1.57. The first-order valence-electron chi connectivity index (χ1n) is 13.5. The van der Waals surface area contributed by atoms with E-state index in [0.717, 1.165) is 0 Å². The van der Waals surface area contributed by atoms with Crippen molar-refractivity contribution in [1.29, 1.82) is 0 Å². The van der Waals surface area contributed by atoms with Crippen LogP contribution in [-0.2, 0) is 20.7 Å². The maximum Gasteiger partial charge on any atom is 0.412 e. The number of nitrogens with zero attached hydrogens (tertiary/aromatic N) is 3. The number of halogens is 3. The van der Waals surface area contributed by atoms with Gasteiger partial charge in [-0.05, 0) is 36.6 Å². The normalized spacial score (nSPS) is 13.5. The molecule has 0 radical (unpaired) electrons. The van der Waals surface area contributed by atoms with Gasteiger partial charge in [0, 0.05) is 57.7 Å². The summed E-state index contributed by atoms with van der Waals surface area (Å²) in [5.41, 5.74) is 0.947. The molecule has 0 saturated carbocycles. The van der Waals surface area contributed by atoms with Crippen molar-refractivity contribution in [1.82, 2.24) is 20.3 Å². The van der Waals surface area contributed by atoms with Gasteiger partial charge in [0.2, 0.25) is 11.8 Å². The zero-order valence-electron chi connectivity index (χ0n) is 23.1. The number of amides is 3. The van der Waals surface area contributed by atoms with E-state index in [1.165, 1.54) is 41.3 Å². The maximum atomic E-state index is 13.8. The molecule has 43 heavy (non-hydrogen) atoms. The molecule has 1 fully saturated rings. The summed E-state index contributed by atoms with van der Waals surface area (Å²) < 4.78 is 37.9. The summed E-state index contributed by atoms with van der Waals surface area (Å²) in [5.74, 6) is -1.04. The zero-order chi connectivity index (χ0) is 30.1. The van der Waals surface area contributed by atoms with E-state index in [9.17, 15) is 23.2 Å². The Hall–Kier alpha value is -4.03. The number of hydrogen-bond donors (Lipinski definition) is 2. The minimum atomic E-state index is -0.847. The molecule has 3 amide bonds. The van der Waals surface area contributed by atoms with Crippen molar-refractivity contribution >= 4 is 35.3 Å². The molecule has 10 nitrogen and oxygen atoms in total. The third-order valence-electron chi connectivity index (χ3n) is 7.00. The van der Waals surface area contributed by atoms with Crippen molar-refractivity contribution in [3.63, 3.8) is 0 Å². The Bertz CT molecular complexity index is 1400. The summed E-state index contributed by atoms with van der Waals surface area (Å²) in [4.78, 5) is 41.6. The van der Waals surface area contributed by atoms with Gasteiger partial charge >= 0.3 is 6.09 Å². The van der Waals surface area contributed by atoms with Gasteiger partial charge in [-0.25, -0.2) is 13.6 Å². The molecular weight excluding hydrogens is 584 g/mol. The second kappa shape index (κ2) is 16.0. The third-order valence-corrected chi connectivity index (χ3v) is 7.42. The molecule has 1 saturated heterocycles. The number of benzene rings is 2. The van der Waals surface area contributed by atoms with Gasteiger partial charge in [0.05, 0.1) is 11.1 Å². The van der Waals surface area contributed by atoms with Crippen LogP contribution in [0.25, 0.3) is 11.3 Å². The highest BCUT2D eigenvalue weighted by Crippen LogP contribution is 2.24. The smallest absolute Gasteiger partial charge is 0.412 e. The van der Waals surface area contributed by atoms with E-state index in [-0.39, 0.29) is 68.1 Å². The van der Waals surface area contributed by atoms with Crippen LogP contribution in [-0.4, -0.2) is 78.7 Å². The minimum absolute atomic E-state index is 0. The van der Waals surface area contributed by atoms with Crippen LogP contribution in [0.2, 0.25) is 5.02 Å². The standard InChI is InChI=1S/C29H32ClF2N5O5.CH4/c1-36(26(38)10-8-19-4-3-7-23(32)28(19)30)22(9-11-27(39)37-14-12-33-13-15-37)18-41-29(40)34-25-17-24(42-35-25)20-5-2-6-21(31)16-20;/h2-7,16-17,22,33H,8-15,18H2,1H3,(H,34,35,40);1H4/t22-;/m0./s1. The number of aromatic nitrogens is 1. The van der Waals surface area contributed by atoms with Crippen LogP contribution in [0, 0.1) is 11.6 Å². The molecule has 0 unspecified atom stereocenters. The fourth-order valence-electron chi connectivity index (χ4n) is 4.54. The lowest BCUT2D eigenvalue weighted by molar-refractivity contribution is -0.135. The number of carbonyl (C=O) groups excluding carboxylic acids is 3. The SMILES string of the molecule is C.CN(C(=O)CCc1cccc(F)c1Cl)[C@@H](CCC(=O)N1CCNCC1)COC(=O)Nc1cc(-c2cccc(F)c2)on1. The topological polar surface area (TPSA) is 117 Å². The lowest BCUT2D eigenvalue weighted by Crippen LogP contribution is -2.47. The highest BCUT2D eigenvalue weighted by atomic mass is 35.5. The van der Waals surface area contributed by atoms with Gasteiger partial charge in [-0.1, -0.05) is 48.4 Å². The summed E-state index contributed by atoms with van der Waals surface area (Å²) in [6.07, 6.45) is -0.181. The van der Waals surface area contributed by atoms with Crippen molar-refractivity contribution in [2.24, 2.45) is 0 Å². The second-order valence-corrected chi connectivity index (χ2v) is 10.2. The van der Waals surface area contributed by atoms with E-state index in [4.69, 9.17) is 20.9 Å². The van der Waals surface area contributed by atoms with Crippen LogP contribution in [0.3, 0.4) is 0 Å². The Morgan fingerprint density at radius 3 is 2.63 bits per heavy atom. The molecule has 1 aromatic heterocycles. The Morgan fingerprint density at radius 2 is 1.88 bits per heavy atom. The molecule has 1 aliphatic heterocycles. The van der Waals surface area contributed by atoms with Crippen LogP contribution in [0.1, 0.15) is 32.3 Å². The first-order valence-corrected chi connectivity index (χ1v) is 13.9. The first-order chi connectivity index (χ1) is 20.2. The van der Waals surface area contributed by atoms with Crippen LogP contribution >= 0.6 is 11.6 Å². The van der Waals surface area contributed by atoms with Gasteiger partial charge in [0.25, 0.3) is 0 Å². The maximum absolute atomic E-state index is 13.8. The largest absolute Gasteiger partial charge is 0.447 e. The molecular formula is C30H36ClF2N5O5. The monoisotopic (exact) mass is 619 g/mol. The molecule has 13 heteroatoms. The molecule has 0 bridgehead atoms. The number of rotatable bonds is 11. The van der Waals surface area contributed by atoms with Gasteiger partial charge in [0.15, 0.2) is 11.6 Å². The minimum Gasteiger partial charge on any atom is -0.447 e. The van der Waals surface area contributed by atoms with Crippen LogP contribution < -0.4 is 10.6 Å². The predicted molar refractivity (Wildman–Crippen MR) is 159 cm³/mol. The summed E-state index contributed by atoms with van der Waals surface area (Å²) in [5, 5.41) is 9.38. The summed E-state index contributed by atoms with van der Waals surface area (Å²) in [6, 6.07) is 10.9. The van der Waals surface area contributed by atoms with Gasteiger partial charge < -0.3 is 24.4 Å². The van der Waals surface area contributed by atoms with E-state index in [1.807, 2.05) is 0 Å². The average molecular weight is 620 g/mol. The molecule has 0 spiro atoms. The van der Waals surface area contributed by atoms with E-state index < -0.39 is 23.8 Å². The van der Waals surface area contributed by atoms with Gasteiger partial charge in [-0.3, -0.25) is 14.9 Å². The zero-order valence-corrected chi connectivity index (χ0v) is 23.8. The van der Waals surface area contributed by atoms with Crippen molar-refractivity contribution in [2.75, 3.05) is 45.2 Å². The summed E-state index contributed by atoms with van der Waals surface area (Å²) in [6.45, 7) is 2.42. The number of anilines is 1. The molecule has 1 atom stereocenters. The quantitative estimate of drug-likeness (QED) is 0.306. The number of ether oxygens (including phenoxy) is 1. The number of piperazine rings is 1. The number of carbonyl (C=O) groups is 3. The lowest BCUT2D eigenvalue weighted by Gasteiger charge is -2.30. The molecule has 0 aliphatic carbocycles. The Kier molecular flexibility index (Phi) is 12.4. The number of nitrogens with one attached hydrogen (secondary N) is 2. The van der Waals surface area contributed by atoms with E-state index in [0.29, 0.717) is 37.3 Å². The number of aryl methyl sites for hydroxylation is 1. The fourth-order valence-corrected chi connectivity index (χ4v) is 4.76. The Balaban J connectivity index is 0.00000506. The van der Waals surface area contributed by atoms with Gasteiger partial charge in [0.1, 0.15) is 18.2 Å². The Labute approximate surface area is 254 Å². The highest BCUT2D eigenvalue weighted by Gasteiger charge is 2.25. The van der Waals surface area contributed by atoms with E-state index in [2.05, 4.69) is 15.8 Å². The highest BCUT2D eigenvalue weighted by molar-refractivity contribution is 6.31. The molecule has 2 aromatic carbocycles. The van der Waals surface area contributed by atoms with Crippen LogP contribution in [0.4, 0.5) is 19.4 Å². The molecule has 232 valence electrons.